The number of nitrogens with one attached hydrogen (secondary N) is 1. The predicted molar refractivity (Wildman–Crippen MR) is 115 cm³/mol. The van der Waals surface area contributed by atoms with Gasteiger partial charge in [-0.05, 0) is 17.0 Å². The molecular weight excluding hydrogens is 300 g/mol. The van der Waals surface area contributed by atoms with E-state index in [1.165, 1.54) is 5.56 Å². The summed E-state index contributed by atoms with van der Waals surface area (Å²) < 4.78 is 0. The van der Waals surface area contributed by atoms with E-state index < -0.39 is 0 Å². The van der Waals surface area contributed by atoms with Crippen molar-refractivity contribution in [3.8, 4) is 0 Å². The molecule has 1 aliphatic rings. The second kappa shape index (κ2) is 4.95. The largest absolute Gasteiger partial charge is 0.369 e. The standard InChI is InChI=1S/C13H19B6ClN2O/c14-3-1-4(20)8(15)5-6-10(22-9(3)5)7(11(21)23)13(18,19)2-12(6,16)17/h1,7,22H,2,14-19H2,(H2,21,23). The Hall–Kier alpha value is -1.09. The molecule has 0 bridgehead atoms. The molecule has 10 heteroatoms. The average Bonchev–Trinajstić information content (AvgIpc) is 2.74. The van der Waals surface area contributed by atoms with E-state index >= 15 is 0 Å². The van der Waals surface area contributed by atoms with Crippen molar-refractivity contribution in [2.75, 3.05) is 0 Å². The third-order valence-corrected chi connectivity index (χ3v) is 5.82. The molecule has 0 fully saturated rings. The first kappa shape index (κ1) is 16.8. The summed E-state index contributed by atoms with van der Waals surface area (Å²) in [5.74, 6) is -0.574. The number of carbonyl (C=O) groups excluding carboxylic acids is 1. The SMILES string of the molecule is Bc1cc(Cl)c(B)c2c3c([nH]c12)C(C(N)=O)C(B)(B)CC3(B)B. The van der Waals surface area contributed by atoms with E-state index in [0.717, 1.165) is 39.0 Å². The number of halogens is 1. The first-order chi connectivity index (χ1) is 10.5. The molecule has 1 aromatic heterocycles. The van der Waals surface area contributed by atoms with Gasteiger partial charge in [-0.1, -0.05) is 39.4 Å². The van der Waals surface area contributed by atoms with Crippen LogP contribution in [0.15, 0.2) is 6.07 Å². The van der Waals surface area contributed by atoms with Crippen LogP contribution in [0.1, 0.15) is 23.6 Å². The first-order valence-electron chi connectivity index (χ1n) is 8.08. The fourth-order valence-corrected chi connectivity index (χ4v) is 5.11. The minimum atomic E-state index is -0.310. The number of H-pyrrole nitrogens is 1. The van der Waals surface area contributed by atoms with Crippen LogP contribution in [0.3, 0.4) is 0 Å². The van der Waals surface area contributed by atoms with Gasteiger partial charge in [0.1, 0.15) is 47.1 Å². The van der Waals surface area contributed by atoms with Crippen LogP contribution in [-0.4, -0.2) is 58.0 Å². The summed E-state index contributed by atoms with van der Waals surface area (Å²) in [6.07, 6.45) is 0.901. The van der Waals surface area contributed by atoms with Crippen molar-refractivity contribution in [2.24, 2.45) is 5.73 Å². The second-order valence-electron chi connectivity index (χ2n) is 8.35. The van der Waals surface area contributed by atoms with Gasteiger partial charge in [0.2, 0.25) is 5.91 Å². The summed E-state index contributed by atoms with van der Waals surface area (Å²) in [6, 6.07) is 1.98. The molecule has 0 radical (unpaired) electrons. The number of carbonyl (C=O) groups is 1. The number of aromatic amines is 1. The van der Waals surface area contributed by atoms with Crippen LogP contribution in [0.5, 0.6) is 0 Å². The van der Waals surface area contributed by atoms with E-state index in [0.29, 0.717) is 0 Å². The maximum absolute atomic E-state index is 12.2. The number of amides is 1. The summed E-state index contributed by atoms with van der Waals surface area (Å²) in [5, 5.41) is 1.70. The van der Waals surface area contributed by atoms with Gasteiger partial charge in [-0.25, -0.2) is 0 Å². The number of hydrogen-bond acceptors (Lipinski definition) is 1. The molecule has 23 heavy (non-hydrogen) atoms. The van der Waals surface area contributed by atoms with Gasteiger partial charge in [0.25, 0.3) is 0 Å². The third-order valence-electron chi connectivity index (χ3n) is 5.43. The van der Waals surface area contributed by atoms with Crippen molar-refractivity contribution in [3.63, 3.8) is 0 Å². The molecule has 0 aliphatic heterocycles. The van der Waals surface area contributed by atoms with Crippen LogP contribution >= 0.6 is 11.6 Å². The molecule has 1 atom stereocenters. The van der Waals surface area contributed by atoms with E-state index in [1.54, 1.807) is 0 Å². The summed E-state index contributed by atoms with van der Waals surface area (Å²) in [5.41, 5.74) is 11.2. The van der Waals surface area contributed by atoms with Crippen LogP contribution in [-0.2, 0) is 10.0 Å². The van der Waals surface area contributed by atoms with Crippen molar-refractivity contribution in [1.29, 1.82) is 0 Å². The minimum absolute atomic E-state index is 0.0507. The van der Waals surface area contributed by atoms with Gasteiger partial charge in [-0.15, -0.1) is 0 Å². The fraction of sp³-hybridized carbons (Fsp3) is 0.308. The smallest absolute Gasteiger partial charge is 0.225 e. The lowest BCUT2D eigenvalue weighted by Crippen LogP contribution is -2.46. The number of fused-ring (bicyclic) bond motifs is 3. The molecule has 0 saturated carbocycles. The monoisotopic (exact) mass is 320 g/mol. The van der Waals surface area contributed by atoms with Crippen molar-refractivity contribution in [2.45, 2.75) is 22.8 Å². The van der Waals surface area contributed by atoms with Gasteiger partial charge in [0.05, 0.1) is 5.92 Å². The van der Waals surface area contributed by atoms with Crippen LogP contribution in [0.4, 0.5) is 0 Å². The Kier molecular flexibility index (Phi) is 3.61. The number of primary amides is 1. The summed E-state index contributed by atoms with van der Waals surface area (Å²) in [7, 11) is 12.8. The van der Waals surface area contributed by atoms with Gasteiger partial charge in [0.15, 0.2) is 0 Å². The lowest BCUT2D eigenvalue weighted by atomic mass is 9.33. The van der Waals surface area contributed by atoms with Crippen molar-refractivity contribution in [1.82, 2.24) is 4.98 Å². The molecule has 1 unspecified atom stereocenters. The quantitative estimate of drug-likeness (QED) is 0.509. The average molecular weight is 320 g/mol. The highest BCUT2D eigenvalue weighted by molar-refractivity contribution is 6.54. The van der Waals surface area contributed by atoms with E-state index in [-0.39, 0.29) is 22.3 Å². The van der Waals surface area contributed by atoms with Crippen LogP contribution in [0.25, 0.3) is 10.9 Å². The Labute approximate surface area is 147 Å². The number of hydrogen-bond donors (Lipinski definition) is 2. The van der Waals surface area contributed by atoms with Crippen LogP contribution in [0.2, 0.25) is 10.2 Å². The highest BCUT2D eigenvalue weighted by Gasteiger charge is 2.48. The molecule has 3 N–H and O–H groups in total. The Balaban J connectivity index is 2.49. The molecular formula is C13H19B6ClN2O. The molecule has 2 aromatic rings. The zero-order valence-electron chi connectivity index (χ0n) is 14.7. The first-order valence-corrected chi connectivity index (χ1v) is 8.46. The highest BCUT2D eigenvalue weighted by atomic mass is 35.5. The molecule has 3 rings (SSSR count). The second-order valence-corrected chi connectivity index (χ2v) is 8.76. The summed E-state index contributed by atoms with van der Waals surface area (Å²) in [6.45, 7) is 0. The van der Waals surface area contributed by atoms with E-state index in [2.05, 4.69) is 36.4 Å². The van der Waals surface area contributed by atoms with Gasteiger partial charge < -0.3 is 10.7 Å². The number of rotatable bonds is 1. The minimum Gasteiger partial charge on any atom is -0.369 e. The summed E-state index contributed by atoms with van der Waals surface area (Å²) in [4.78, 5) is 15.8. The molecule has 1 heterocycles. The maximum Gasteiger partial charge on any atom is 0.225 e. The Morgan fingerprint density at radius 3 is 2.48 bits per heavy atom. The molecule has 112 valence electrons. The topological polar surface area (TPSA) is 58.9 Å². The molecule has 1 amide bonds. The molecule has 1 aliphatic carbocycles. The van der Waals surface area contributed by atoms with E-state index in [4.69, 9.17) is 17.3 Å². The van der Waals surface area contributed by atoms with E-state index in [9.17, 15) is 4.79 Å². The Morgan fingerprint density at radius 1 is 1.30 bits per heavy atom. The van der Waals surface area contributed by atoms with Gasteiger partial charge in [-0.2, -0.15) is 0 Å². The molecule has 0 saturated heterocycles. The number of benzene rings is 1. The number of aromatic nitrogens is 1. The van der Waals surface area contributed by atoms with E-state index in [1.807, 2.05) is 21.8 Å². The zero-order chi connectivity index (χ0) is 17.3. The lowest BCUT2D eigenvalue weighted by molar-refractivity contribution is -0.120. The fourth-order valence-electron chi connectivity index (χ4n) is 4.85. The molecule has 1 aromatic carbocycles. The predicted octanol–water partition coefficient (Wildman–Crippen LogP) is -4.89. The third kappa shape index (κ3) is 2.31. The van der Waals surface area contributed by atoms with Gasteiger partial charge in [0, 0.05) is 16.2 Å². The van der Waals surface area contributed by atoms with Crippen molar-refractivity contribution < 1.29 is 4.79 Å². The van der Waals surface area contributed by atoms with Crippen molar-refractivity contribution in [3.05, 3.63) is 22.3 Å². The number of nitrogens with two attached hydrogens (primary N) is 1. The Morgan fingerprint density at radius 2 is 1.91 bits per heavy atom. The van der Waals surface area contributed by atoms with Crippen LogP contribution in [0, 0.1) is 0 Å². The lowest BCUT2D eigenvalue weighted by Gasteiger charge is -2.46. The zero-order valence-corrected chi connectivity index (χ0v) is 15.5. The Bertz CT molecular complexity index is 847. The van der Waals surface area contributed by atoms with Crippen molar-refractivity contribution >= 4 is 86.4 Å². The van der Waals surface area contributed by atoms with Gasteiger partial charge >= 0.3 is 0 Å². The van der Waals surface area contributed by atoms with Gasteiger partial charge in [-0.3, -0.25) is 4.79 Å². The molecule has 3 nitrogen and oxygen atoms in total. The highest BCUT2D eigenvalue weighted by Crippen LogP contribution is 2.53. The maximum atomic E-state index is 12.2. The molecule has 0 spiro atoms. The summed E-state index contributed by atoms with van der Waals surface area (Å²) >= 11 is 6.43. The van der Waals surface area contributed by atoms with Crippen LogP contribution < -0.4 is 16.7 Å². The normalized spacial score (nSPS) is 21.9.